The van der Waals surface area contributed by atoms with E-state index < -0.39 is 0 Å². The van der Waals surface area contributed by atoms with Crippen molar-refractivity contribution in [1.82, 2.24) is 14.9 Å². The molecule has 0 bridgehead atoms. The molecule has 1 N–H and O–H groups in total. The predicted molar refractivity (Wildman–Crippen MR) is 158 cm³/mol. The molecule has 0 atom stereocenters. The van der Waals surface area contributed by atoms with Crippen molar-refractivity contribution in [3.8, 4) is 5.69 Å². The lowest BCUT2D eigenvalue weighted by molar-refractivity contribution is 0.0955. The molecule has 1 aliphatic heterocycles. The molecule has 0 saturated carbocycles. The number of carbonyl (C=O) groups is 1. The quantitative estimate of drug-likeness (QED) is 0.205. The predicted octanol–water partition coefficient (Wildman–Crippen LogP) is 6.80. The lowest BCUT2D eigenvalue weighted by Gasteiger charge is -2.28. The van der Waals surface area contributed by atoms with Crippen molar-refractivity contribution in [2.24, 2.45) is 5.10 Å². The van der Waals surface area contributed by atoms with Crippen LogP contribution in [-0.2, 0) is 19.5 Å². The summed E-state index contributed by atoms with van der Waals surface area (Å²) < 4.78 is 3.18. The van der Waals surface area contributed by atoms with Gasteiger partial charge < -0.3 is 4.57 Å². The van der Waals surface area contributed by atoms with Crippen LogP contribution in [0.5, 0.6) is 0 Å². The molecule has 2 heterocycles. The first kappa shape index (κ1) is 26.1. The van der Waals surface area contributed by atoms with Crippen LogP contribution < -0.4 is 5.43 Å². The minimum atomic E-state index is -0.223. The topological polar surface area (TPSA) is 49.6 Å². The zero-order valence-corrected chi connectivity index (χ0v) is 24.0. The molecule has 0 fully saturated rings. The Kier molecular flexibility index (Phi) is 7.63. The van der Waals surface area contributed by atoms with Gasteiger partial charge in [-0.05, 0) is 102 Å². The van der Waals surface area contributed by atoms with Crippen LogP contribution in [0.4, 0.5) is 0 Å². The number of benzene rings is 3. The maximum atomic E-state index is 12.8. The van der Waals surface area contributed by atoms with Crippen molar-refractivity contribution >= 4 is 28.1 Å². The van der Waals surface area contributed by atoms with Crippen LogP contribution in [0.25, 0.3) is 5.69 Å². The lowest BCUT2D eigenvalue weighted by atomic mass is 9.99. The van der Waals surface area contributed by atoms with Crippen molar-refractivity contribution in [2.45, 2.75) is 47.2 Å². The van der Waals surface area contributed by atoms with Crippen LogP contribution in [0.2, 0.25) is 0 Å². The molecule has 0 spiro atoms. The van der Waals surface area contributed by atoms with Crippen molar-refractivity contribution in [3.05, 3.63) is 122 Å². The van der Waals surface area contributed by atoms with Gasteiger partial charge >= 0.3 is 0 Å². The van der Waals surface area contributed by atoms with E-state index in [-0.39, 0.29) is 5.91 Å². The highest BCUT2D eigenvalue weighted by atomic mass is 79.9. The van der Waals surface area contributed by atoms with Gasteiger partial charge in [0.1, 0.15) is 0 Å². The Morgan fingerprint density at radius 2 is 1.68 bits per heavy atom. The Balaban J connectivity index is 1.23. The Morgan fingerprint density at radius 1 is 0.947 bits per heavy atom. The SMILES string of the molecule is Cc1ccc(-n2c(C)c(Br)c(/C=N\NC(=O)c3ccc(CN4CCc5ccccc5C4)cc3)c2C)cc1C. The van der Waals surface area contributed by atoms with Crippen LogP contribution in [-0.4, -0.2) is 28.1 Å². The summed E-state index contributed by atoms with van der Waals surface area (Å²) in [7, 11) is 0. The Hall–Kier alpha value is -3.48. The van der Waals surface area contributed by atoms with Gasteiger partial charge in [-0.25, -0.2) is 5.43 Å². The molecular weight excluding hydrogens is 536 g/mol. The molecule has 6 heteroatoms. The number of nitrogens with zero attached hydrogens (tertiary/aromatic N) is 3. The Morgan fingerprint density at radius 3 is 2.42 bits per heavy atom. The van der Waals surface area contributed by atoms with Crippen LogP contribution in [0.1, 0.15) is 55.1 Å². The normalized spacial score (nSPS) is 13.6. The van der Waals surface area contributed by atoms with Gasteiger partial charge in [0.25, 0.3) is 5.91 Å². The van der Waals surface area contributed by atoms with Gasteiger partial charge in [-0.1, -0.05) is 42.5 Å². The summed E-state index contributed by atoms with van der Waals surface area (Å²) in [4.78, 5) is 15.2. The zero-order valence-electron chi connectivity index (χ0n) is 22.4. The minimum absolute atomic E-state index is 0.223. The maximum absolute atomic E-state index is 12.8. The summed E-state index contributed by atoms with van der Waals surface area (Å²) in [6.45, 7) is 11.3. The summed E-state index contributed by atoms with van der Waals surface area (Å²) >= 11 is 3.72. The molecule has 1 amide bonds. The summed E-state index contributed by atoms with van der Waals surface area (Å²) in [6, 6.07) is 23.0. The van der Waals surface area contributed by atoms with Gasteiger partial charge in [0.15, 0.2) is 0 Å². The van der Waals surface area contributed by atoms with E-state index in [4.69, 9.17) is 0 Å². The molecular formula is C32H33BrN4O. The second kappa shape index (κ2) is 11.1. The first-order valence-electron chi connectivity index (χ1n) is 13.0. The van der Waals surface area contributed by atoms with Crippen molar-refractivity contribution in [3.63, 3.8) is 0 Å². The summed E-state index contributed by atoms with van der Waals surface area (Å²) in [5, 5.41) is 4.28. The number of aryl methyl sites for hydroxylation is 2. The smallest absolute Gasteiger partial charge is 0.271 e. The number of hydrazone groups is 1. The molecule has 4 aromatic rings. The second-order valence-electron chi connectivity index (χ2n) is 10.1. The molecule has 5 rings (SSSR count). The fourth-order valence-corrected chi connectivity index (χ4v) is 5.72. The third kappa shape index (κ3) is 5.38. The number of amides is 1. The molecule has 1 aromatic heterocycles. The van der Waals surface area contributed by atoms with Gasteiger partial charge in [0.05, 0.1) is 6.21 Å². The minimum Gasteiger partial charge on any atom is -0.317 e. The first-order chi connectivity index (χ1) is 18.3. The van der Waals surface area contributed by atoms with E-state index >= 15 is 0 Å². The highest BCUT2D eigenvalue weighted by molar-refractivity contribution is 9.10. The maximum Gasteiger partial charge on any atom is 0.271 e. The van der Waals surface area contributed by atoms with E-state index in [1.165, 1.54) is 27.8 Å². The highest BCUT2D eigenvalue weighted by Gasteiger charge is 2.17. The third-order valence-corrected chi connectivity index (χ3v) is 8.56. The van der Waals surface area contributed by atoms with Gasteiger partial charge in [-0.15, -0.1) is 0 Å². The van der Waals surface area contributed by atoms with Crippen molar-refractivity contribution in [2.75, 3.05) is 6.54 Å². The van der Waals surface area contributed by atoms with Crippen LogP contribution in [0, 0.1) is 27.7 Å². The van der Waals surface area contributed by atoms with Gasteiger partial charge in [-0.3, -0.25) is 9.69 Å². The third-order valence-electron chi connectivity index (χ3n) is 7.56. The number of aromatic nitrogens is 1. The van der Waals surface area contributed by atoms with Crippen LogP contribution >= 0.6 is 15.9 Å². The van der Waals surface area contributed by atoms with Crippen LogP contribution in [0.3, 0.4) is 0 Å². The van der Waals surface area contributed by atoms with E-state index in [9.17, 15) is 4.79 Å². The Labute approximate surface area is 233 Å². The Bertz CT molecular complexity index is 1520. The van der Waals surface area contributed by atoms with E-state index in [1.54, 1.807) is 6.21 Å². The van der Waals surface area contributed by atoms with Gasteiger partial charge in [-0.2, -0.15) is 5.10 Å². The lowest BCUT2D eigenvalue weighted by Crippen LogP contribution is -2.30. The number of carbonyl (C=O) groups excluding carboxylic acids is 1. The number of rotatable bonds is 6. The number of hydrogen-bond acceptors (Lipinski definition) is 3. The molecule has 0 aliphatic carbocycles. The average molecular weight is 570 g/mol. The van der Waals surface area contributed by atoms with Crippen molar-refractivity contribution < 1.29 is 4.79 Å². The summed E-state index contributed by atoms with van der Waals surface area (Å²) in [5.41, 5.74) is 14.1. The number of hydrogen-bond donors (Lipinski definition) is 1. The highest BCUT2D eigenvalue weighted by Crippen LogP contribution is 2.30. The second-order valence-corrected chi connectivity index (χ2v) is 10.9. The molecule has 0 unspecified atom stereocenters. The fraction of sp³-hybridized carbons (Fsp3) is 0.250. The van der Waals surface area contributed by atoms with E-state index in [0.717, 1.165) is 53.2 Å². The molecule has 38 heavy (non-hydrogen) atoms. The number of halogens is 1. The standard InChI is InChI=1S/C32H33BrN4O/c1-21-9-14-29(17-22(21)2)37-23(3)30(31(33)24(37)4)18-34-35-32(38)27-12-10-25(11-13-27)19-36-16-15-26-7-5-6-8-28(26)20-36/h5-14,17-18H,15-16,19-20H2,1-4H3,(H,35,38)/b34-18-. The monoisotopic (exact) mass is 568 g/mol. The fourth-order valence-electron chi connectivity index (χ4n) is 5.15. The van der Waals surface area contributed by atoms with E-state index in [2.05, 4.69) is 106 Å². The summed E-state index contributed by atoms with van der Waals surface area (Å²) in [6.07, 6.45) is 2.79. The van der Waals surface area contributed by atoms with Crippen molar-refractivity contribution in [1.29, 1.82) is 0 Å². The molecule has 1 aliphatic rings. The molecule has 3 aromatic carbocycles. The molecule has 0 radical (unpaired) electrons. The van der Waals surface area contributed by atoms with E-state index in [1.807, 2.05) is 24.3 Å². The number of fused-ring (bicyclic) bond motifs is 1. The zero-order chi connectivity index (χ0) is 26.8. The van der Waals surface area contributed by atoms with Gasteiger partial charge in [0, 0.05) is 52.3 Å². The van der Waals surface area contributed by atoms with Crippen LogP contribution in [0.15, 0.2) is 76.3 Å². The van der Waals surface area contributed by atoms with E-state index in [0.29, 0.717) is 5.56 Å². The molecule has 5 nitrogen and oxygen atoms in total. The molecule has 0 saturated heterocycles. The first-order valence-corrected chi connectivity index (χ1v) is 13.8. The average Bonchev–Trinajstić information content (AvgIpc) is 3.13. The summed E-state index contributed by atoms with van der Waals surface area (Å²) in [5.74, 6) is -0.223. The largest absolute Gasteiger partial charge is 0.317 e. The number of nitrogens with one attached hydrogen (secondary N) is 1. The molecule has 194 valence electrons. The van der Waals surface area contributed by atoms with Gasteiger partial charge in [0.2, 0.25) is 0 Å².